The van der Waals surface area contributed by atoms with Gasteiger partial charge in [0.15, 0.2) is 0 Å². The van der Waals surface area contributed by atoms with Gasteiger partial charge < -0.3 is 15.4 Å². The van der Waals surface area contributed by atoms with Gasteiger partial charge in [-0.15, -0.1) is 0 Å². The first-order valence-corrected chi connectivity index (χ1v) is 5.06. The molecule has 0 atom stereocenters. The van der Waals surface area contributed by atoms with Crippen LogP contribution in [-0.4, -0.2) is 26.7 Å². The summed E-state index contributed by atoms with van der Waals surface area (Å²) >= 11 is 0. The van der Waals surface area contributed by atoms with Crippen molar-refractivity contribution in [1.29, 1.82) is 0 Å². The van der Waals surface area contributed by atoms with Crippen LogP contribution in [0, 0.1) is 5.82 Å². The Bertz CT molecular complexity index is 305. The van der Waals surface area contributed by atoms with Crippen molar-refractivity contribution < 1.29 is 9.13 Å². The average molecular weight is 212 g/mol. The smallest absolute Gasteiger partial charge is 0.144 e. The number of ether oxygens (including phenoxy) is 1. The highest BCUT2D eigenvalue weighted by Crippen LogP contribution is 2.24. The van der Waals surface area contributed by atoms with Crippen LogP contribution in [-0.2, 0) is 0 Å². The van der Waals surface area contributed by atoms with Crippen LogP contribution >= 0.6 is 0 Å². The molecule has 0 heterocycles. The quantitative estimate of drug-likeness (QED) is 0.706. The lowest BCUT2D eigenvalue weighted by Crippen LogP contribution is -2.21. The van der Waals surface area contributed by atoms with E-state index in [0.29, 0.717) is 5.75 Å². The maximum Gasteiger partial charge on any atom is 0.144 e. The summed E-state index contributed by atoms with van der Waals surface area (Å²) in [6, 6.07) is 4.47. The second-order valence-corrected chi connectivity index (χ2v) is 3.12. The van der Waals surface area contributed by atoms with Crippen LogP contribution in [0.3, 0.4) is 0 Å². The van der Waals surface area contributed by atoms with E-state index in [1.165, 1.54) is 19.2 Å². The van der Waals surface area contributed by atoms with Crippen LogP contribution in [0.1, 0.15) is 6.92 Å². The van der Waals surface area contributed by atoms with Gasteiger partial charge in [0, 0.05) is 19.2 Å². The number of anilines is 1. The average Bonchev–Trinajstić information content (AvgIpc) is 2.26. The minimum Gasteiger partial charge on any atom is -0.494 e. The van der Waals surface area contributed by atoms with E-state index < -0.39 is 0 Å². The first-order chi connectivity index (χ1) is 7.27. The molecule has 0 spiro atoms. The van der Waals surface area contributed by atoms with Crippen molar-refractivity contribution in [1.82, 2.24) is 5.32 Å². The Balaban J connectivity index is 2.52. The van der Waals surface area contributed by atoms with Crippen LogP contribution in [0.15, 0.2) is 18.2 Å². The molecule has 3 nitrogen and oxygen atoms in total. The van der Waals surface area contributed by atoms with E-state index in [1.807, 2.05) is 0 Å². The fraction of sp³-hybridized carbons (Fsp3) is 0.455. The summed E-state index contributed by atoms with van der Waals surface area (Å²) in [7, 11) is 1.53. The van der Waals surface area contributed by atoms with Crippen LogP contribution in [0.5, 0.6) is 5.75 Å². The molecule has 0 fully saturated rings. The summed E-state index contributed by atoms with van der Waals surface area (Å²) in [6.07, 6.45) is 0. The van der Waals surface area contributed by atoms with E-state index in [0.717, 1.165) is 25.3 Å². The summed E-state index contributed by atoms with van der Waals surface area (Å²) in [5, 5.41) is 6.36. The summed E-state index contributed by atoms with van der Waals surface area (Å²) < 4.78 is 17.9. The van der Waals surface area contributed by atoms with Gasteiger partial charge in [0.05, 0.1) is 12.8 Å². The highest BCUT2D eigenvalue weighted by atomic mass is 19.1. The van der Waals surface area contributed by atoms with Gasteiger partial charge in [0.25, 0.3) is 0 Å². The second-order valence-electron chi connectivity index (χ2n) is 3.12. The monoisotopic (exact) mass is 212 g/mol. The van der Waals surface area contributed by atoms with Crippen molar-refractivity contribution in [2.45, 2.75) is 6.92 Å². The van der Waals surface area contributed by atoms with Crippen LogP contribution in [0.4, 0.5) is 10.1 Å². The Labute approximate surface area is 89.6 Å². The molecule has 2 N–H and O–H groups in total. The molecule has 0 saturated heterocycles. The zero-order valence-electron chi connectivity index (χ0n) is 9.14. The molecule has 1 aromatic carbocycles. The van der Waals surface area contributed by atoms with E-state index in [1.54, 1.807) is 6.07 Å². The maximum atomic E-state index is 12.9. The van der Waals surface area contributed by atoms with Gasteiger partial charge in [0.1, 0.15) is 11.6 Å². The summed E-state index contributed by atoms with van der Waals surface area (Å²) in [6.45, 7) is 4.66. The van der Waals surface area contributed by atoms with Crippen molar-refractivity contribution in [3.05, 3.63) is 24.0 Å². The molecule has 0 amide bonds. The topological polar surface area (TPSA) is 33.3 Å². The third kappa shape index (κ3) is 3.75. The van der Waals surface area contributed by atoms with E-state index >= 15 is 0 Å². The molecule has 0 unspecified atom stereocenters. The van der Waals surface area contributed by atoms with Crippen molar-refractivity contribution in [2.24, 2.45) is 0 Å². The zero-order chi connectivity index (χ0) is 11.1. The number of halogens is 1. The van der Waals surface area contributed by atoms with Crippen molar-refractivity contribution in [3.8, 4) is 5.75 Å². The Morgan fingerprint density at radius 3 is 2.80 bits per heavy atom. The van der Waals surface area contributed by atoms with Gasteiger partial charge in [-0.3, -0.25) is 0 Å². The predicted molar refractivity (Wildman–Crippen MR) is 60.0 cm³/mol. The molecular formula is C11H17FN2O. The molecule has 0 aliphatic rings. The van der Waals surface area contributed by atoms with E-state index in [-0.39, 0.29) is 5.82 Å². The van der Waals surface area contributed by atoms with Crippen LogP contribution in [0.25, 0.3) is 0 Å². The van der Waals surface area contributed by atoms with Gasteiger partial charge >= 0.3 is 0 Å². The van der Waals surface area contributed by atoms with Gasteiger partial charge in [0.2, 0.25) is 0 Å². The molecule has 0 aliphatic heterocycles. The van der Waals surface area contributed by atoms with Gasteiger partial charge in [-0.1, -0.05) is 6.92 Å². The van der Waals surface area contributed by atoms with E-state index in [9.17, 15) is 4.39 Å². The molecule has 1 aromatic rings. The number of methoxy groups -OCH3 is 1. The standard InChI is InChI=1S/C11H17FN2O/c1-3-13-6-7-14-10-5-4-9(12)8-11(10)15-2/h4-5,8,13-14H,3,6-7H2,1-2H3. The Hall–Kier alpha value is -1.29. The third-order valence-electron chi connectivity index (χ3n) is 2.03. The largest absolute Gasteiger partial charge is 0.494 e. The lowest BCUT2D eigenvalue weighted by Gasteiger charge is -2.11. The number of nitrogens with one attached hydrogen (secondary N) is 2. The zero-order valence-corrected chi connectivity index (χ0v) is 9.14. The number of likely N-dealkylation sites (N-methyl/N-ethyl adjacent to an activating group) is 1. The highest BCUT2D eigenvalue weighted by Gasteiger charge is 2.02. The van der Waals surface area contributed by atoms with Gasteiger partial charge in [-0.25, -0.2) is 4.39 Å². The Kier molecular flexibility index (Phi) is 4.90. The van der Waals surface area contributed by atoms with E-state index in [4.69, 9.17) is 4.74 Å². The first kappa shape index (κ1) is 11.8. The highest BCUT2D eigenvalue weighted by molar-refractivity contribution is 5.56. The van der Waals surface area contributed by atoms with Gasteiger partial charge in [-0.05, 0) is 18.7 Å². The van der Waals surface area contributed by atoms with Crippen molar-refractivity contribution >= 4 is 5.69 Å². The molecular weight excluding hydrogens is 195 g/mol. The maximum absolute atomic E-state index is 12.9. The number of hydrogen-bond acceptors (Lipinski definition) is 3. The van der Waals surface area contributed by atoms with Crippen molar-refractivity contribution in [3.63, 3.8) is 0 Å². The SMILES string of the molecule is CCNCCNc1ccc(F)cc1OC. The summed E-state index contributed by atoms with van der Waals surface area (Å²) in [5.41, 5.74) is 0.816. The minimum atomic E-state index is -0.288. The Morgan fingerprint density at radius 2 is 2.13 bits per heavy atom. The lowest BCUT2D eigenvalue weighted by atomic mass is 10.3. The number of benzene rings is 1. The van der Waals surface area contributed by atoms with Crippen molar-refractivity contribution in [2.75, 3.05) is 32.1 Å². The molecule has 0 aromatic heterocycles. The van der Waals surface area contributed by atoms with Gasteiger partial charge in [-0.2, -0.15) is 0 Å². The van der Waals surface area contributed by atoms with Crippen LogP contribution in [0.2, 0.25) is 0 Å². The predicted octanol–water partition coefficient (Wildman–Crippen LogP) is 1.86. The normalized spacial score (nSPS) is 10.1. The molecule has 84 valence electrons. The summed E-state index contributed by atoms with van der Waals surface area (Å²) in [5.74, 6) is 0.246. The first-order valence-electron chi connectivity index (χ1n) is 5.06. The molecule has 0 bridgehead atoms. The fourth-order valence-corrected chi connectivity index (χ4v) is 1.27. The number of rotatable bonds is 6. The molecule has 15 heavy (non-hydrogen) atoms. The molecule has 4 heteroatoms. The minimum absolute atomic E-state index is 0.288. The second kappa shape index (κ2) is 6.24. The van der Waals surface area contributed by atoms with E-state index in [2.05, 4.69) is 17.6 Å². The summed E-state index contributed by atoms with van der Waals surface area (Å²) in [4.78, 5) is 0. The molecule has 0 radical (unpaired) electrons. The fourth-order valence-electron chi connectivity index (χ4n) is 1.27. The Morgan fingerprint density at radius 1 is 1.33 bits per heavy atom. The molecule has 0 aliphatic carbocycles. The lowest BCUT2D eigenvalue weighted by molar-refractivity contribution is 0.413. The van der Waals surface area contributed by atoms with Crippen LogP contribution < -0.4 is 15.4 Å². The number of hydrogen-bond donors (Lipinski definition) is 2. The molecule has 1 rings (SSSR count). The third-order valence-corrected chi connectivity index (χ3v) is 2.03. The molecule has 0 saturated carbocycles.